The number of rotatable bonds is 3. The lowest BCUT2D eigenvalue weighted by atomic mass is 10.3. The molecule has 0 aromatic heterocycles. The number of halogens is 1. The molecule has 1 unspecified atom stereocenters. The van der Waals surface area contributed by atoms with Gasteiger partial charge in [0.25, 0.3) is 0 Å². The minimum atomic E-state index is -0.519. The first-order valence-corrected chi connectivity index (χ1v) is 6.43. The second-order valence-corrected chi connectivity index (χ2v) is 5.52. The molecule has 0 amide bonds. The van der Waals surface area contributed by atoms with Crippen LogP contribution in [0.2, 0.25) is 0 Å². The van der Waals surface area contributed by atoms with Gasteiger partial charge in [-0.1, -0.05) is 0 Å². The molecule has 0 spiro atoms. The average molecular weight is 249 g/mol. The van der Waals surface area contributed by atoms with Gasteiger partial charge < -0.3 is 0 Å². The lowest BCUT2D eigenvalue weighted by Gasteiger charge is -2.30. The van der Waals surface area contributed by atoms with E-state index in [0.717, 1.165) is 0 Å². The smallest absolute Gasteiger partial charge is 0.218 e. The molecule has 1 heterocycles. The first-order chi connectivity index (χ1) is 6.91. The van der Waals surface area contributed by atoms with Crippen LogP contribution in [0.15, 0.2) is 13.8 Å². The van der Waals surface area contributed by atoms with Crippen LogP contribution in [0.4, 0.5) is 0 Å². The summed E-state index contributed by atoms with van der Waals surface area (Å²) in [5.74, 6) is 0.699. The summed E-state index contributed by atoms with van der Waals surface area (Å²) in [6.07, 6.45) is 0. The first kappa shape index (κ1) is 12.8. The standard InChI is InChI=1S/C9H17ClN4S/c1-6(2)14(7(3)4)15-12-8(5)11-9(10)13-15/h6-7H,1-5H3. The molecule has 0 bridgehead atoms. The monoisotopic (exact) mass is 248 g/mol. The SMILES string of the molecule is CC1=NS(N(C(C)C)C(C)C)=NC(Cl)=N1. The molecule has 1 rings (SSSR count). The number of hydrogen-bond acceptors (Lipinski definition) is 4. The molecule has 15 heavy (non-hydrogen) atoms. The predicted molar refractivity (Wildman–Crippen MR) is 68.3 cm³/mol. The van der Waals surface area contributed by atoms with E-state index in [2.05, 4.69) is 45.8 Å². The molecule has 4 nitrogen and oxygen atoms in total. The van der Waals surface area contributed by atoms with Crippen molar-refractivity contribution in [3.05, 3.63) is 0 Å². The molecule has 0 fully saturated rings. The maximum Gasteiger partial charge on any atom is 0.233 e. The largest absolute Gasteiger partial charge is 0.233 e. The second-order valence-electron chi connectivity index (χ2n) is 3.90. The third-order valence-electron chi connectivity index (χ3n) is 1.83. The van der Waals surface area contributed by atoms with Crippen LogP contribution in [0.3, 0.4) is 0 Å². The molecule has 0 N–H and O–H groups in total. The van der Waals surface area contributed by atoms with Gasteiger partial charge in [-0.25, -0.2) is 9.30 Å². The van der Waals surface area contributed by atoms with E-state index in [9.17, 15) is 0 Å². The van der Waals surface area contributed by atoms with Gasteiger partial charge in [0, 0.05) is 12.1 Å². The Labute approximate surface area is 98.8 Å². The summed E-state index contributed by atoms with van der Waals surface area (Å²) >= 11 is 5.32. The number of aliphatic imine (C=N–C) groups is 1. The zero-order valence-electron chi connectivity index (χ0n) is 9.73. The summed E-state index contributed by atoms with van der Waals surface area (Å²) in [4.78, 5) is 3.98. The summed E-state index contributed by atoms with van der Waals surface area (Å²) < 4.78 is 10.9. The first-order valence-electron chi connectivity index (χ1n) is 4.96. The van der Waals surface area contributed by atoms with E-state index in [4.69, 9.17) is 11.6 Å². The van der Waals surface area contributed by atoms with E-state index in [0.29, 0.717) is 23.2 Å². The highest BCUT2D eigenvalue weighted by molar-refractivity contribution is 7.84. The number of hydrogen-bond donors (Lipinski definition) is 0. The topological polar surface area (TPSA) is 40.3 Å². The van der Waals surface area contributed by atoms with E-state index in [1.165, 1.54) is 0 Å². The van der Waals surface area contributed by atoms with Crippen LogP contribution in [-0.4, -0.2) is 27.5 Å². The summed E-state index contributed by atoms with van der Waals surface area (Å²) in [6, 6.07) is 0.771. The lowest BCUT2D eigenvalue weighted by molar-refractivity contribution is 0.331. The molecule has 86 valence electrons. The van der Waals surface area contributed by atoms with Gasteiger partial charge in [-0.2, -0.15) is 8.76 Å². The van der Waals surface area contributed by atoms with Crippen molar-refractivity contribution in [2.45, 2.75) is 46.7 Å². The average Bonchev–Trinajstić information content (AvgIpc) is 1.99. The van der Waals surface area contributed by atoms with E-state index >= 15 is 0 Å². The lowest BCUT2D eigenvalue weighted by Crippen LogP contribution is -2.38. The van der Waals surface area contributed by atoms with Crippen molar-refractivity contribution in [2.24, 2.45) is 13.8 Å². The molecule has 0 aromatic rings. The Kier molecular flexibility index (Phi) is 4.43. The Balaban J connectivity index is 3.01. The van der Waals surface area contributed by atoms with Crippen molar-refractivity contribution in [3.8, 4) is 0 Å². The van der Waals surface area contributed by atoms with Gasteiger partial charge in [0.1, 0.15) is 16.9 Å². The maximum absolute atomic E-state index is 5.84. The second kappa shape index (κ2) is 5.18. The Morgan fingerprint density at radius 3 is 2.13 bits per heavy atom. The highest BCUT2D eigenvalue weighted by Crippen LogP contribution is 2.16. The van der Waals surface area contributed by atoms with Crippen molar-refractivity contribution < 1.29 is 0 Å². The van der Waals surface area contributed by atoms with Crippen LogP contribution in [0.5, 0.6) is 0 Å². The Hall–Kier alpha value is -0.260. The minimum absolute atomic E-state index is 0.303. The van der Waals surface area contributed by atoms with Gasteiger partial charge >= 0.3 is 0 Å². The van der Waals surface area contributed by atoms with Crippen LogP contribution >= 0.6 is 11.6 Å². The molecule has 0 saturated carbocycles. The van der Waals surface area contributed by atoms with Gasteiger partial charge in [-0.05, 0) is 46.2 Å². The molecule has 1 aliphatic heterocycles. The fraction of sp³-hybridized carbons (Fsp3) is 0.778. The molecule has 0 aromatic carbocycles. The van der Waals surface area contributed by atoms with E-state index in [1.54, 1.807) is 0 Å². The molecular weight excluding hydrogens is 232 g/mol. The highest BCUT2D eigenvalue weighted by atomic mass is 35.5. The molecule has 1 atom stereocenters. The van der Waals surface area contributed by atoms with Crippen molar-refractivity contribution in [1.29, 1.82) is 0 Å². The van der Waals surface area contributed by atoms with Crippen molar-refractivity contribution in [3.63, 3.8) is 0 Å². The quantitative estimate of drug-likeness (QED) is 0.708. The van der Waals surface area contributed by atoms with Crippen LogP contribution in [0.1, 0.15) is 34.6 Å². The van der Waals surface area contributed by atoms with Gasteiger partial charge in [-0.15, -0.1) is 0 Å². The Morgan fingerprint density at radius 1 is 1.20 bits per heavy atom. The van der Waals surface area contributed by atoms with Crippen LogP contribution in [0.25, 0.3) is 0 Å². The fourth-order valence-corrected chi connectivity index (χ4v) is 3.19. The number of amidine groups is 2. The van der Waals surface area contributed by atoms with E-state index < -0.39 is 11.1 Å². The summed E-state index contributed by atoms with van der Waals surface area (Å²) in [7, 11) is 0. The molecular formula is C9H17ClN4S. The molecule has 0 saturated heterocycles. The van der Waals surface area contributed by atoms with Crippen LogP contribution in [-0.2, 0) is 11.1 Å². The predicted octanol–water partition coefficient (Wildman–Crippen LogP) is 2.76. The minimum Gasteiger partial charge on any atom is -0.218 e. The molecule has 1 aliphatic rings. The van der Waals surface area contributed by atoms with Crippen molar-refractivity contribution in [2.75, 3.05) is 0 Å². The Morgan fingerprint density at radius 2 is 1.73 bits per heavy atom. The maximum atomic E-state index is 5.84. The number of nitrogens with zero attached hydrogens (tertiary/aromatic N) is 4. The van der Waals surface area contributed by atoms with Crippen LogP contribution < -0.4 is 0 Å². The van der Waals surface area contributed by atoms with Gasteiger partial charge in [-0.3, -0.25) is 0 Å². The highest BCUT2D eigenvalue weighted by Gasteiger charge is 2.20. The van der Waals surface area contributed by atoms with E-state index in [-0.39, 0.29) is 0 Å². The summed E-state index contributed by atoms with van der Waals surface area (Å²) in [5, 5.41) is 0.303. The zero-order valence-corrected chi connectivity index (χ0v) is 11.3. The normalized spacial score (nSPS) is 21.8. The van der Waals surface area contributed by atoms with Crippen molar-refractivity contribution in [1.82, 2.24) is 4.31 Å². The summed E-state index contributed by atoms with van der Waals surface area (Å²) in [6.45, 7) is 10.4. The van der Waals surface area contributed by atoms with Crippen molar-refractivity contribution >= 4 is 33.8 Å². The molecule has 6 heteroatoms. The van der Waals surface area contributed by atoms with E-state index in [1.807, 2.05) is 6.92 Å². The van der Waals surface area contributed by atoms with Gasteiger partial charge in [0.2, 0.25) is 5.29 Å². The third-order valence-corrected chi connectivity index (χ3v) is 4.08. The molecule has 0 radical (unpaired) electrons. The zero-order chi connectivity index (χ0) is 11.6. The van der Waals surface area contributed by atoms with Gasteiger partial charge in [0.15, 0.2) is 0 Å². The molecule has 0 aliphatic carbocycles. The Bertz CT molecular complexity index is 322. The summed E-state index contributed by atoms with van der Waals surface area (Å²) in [5.41, 5.74) is 0. The van der Waals surface area contributed by atoms with Gasteiger partial charge in [0.05, 0.1) is 0 Å². The van der Waals surface area contributed by atoms with Crippen LogP contribution in [0, 0.1) is 0 Å². The third kappa shape index (κ3) is 3.36. The fourth-order valence-electron chi connectivity index (χ4n) is 1.45.